The van der Waals surface area contributed by atoms with Gasteiger partial charge in [0.1, 0.15) is 5.75 Å². The van der Waals surface area contributed by atoms with Gasteiger partial charge in [-0.15, -0.1) is 0 Å². The molecule has 1 fully saturated rings. The van der Waals surface area contributed by atoms with Crippen LogP contribution < -0.4 is 10.1 Å². The van der Waals surface area contributed by atoms with Crippen LogP contribution in [0.3, 0.4) is 0 Å². The van der Waals surface area contributed by atoms with Gasteiger partial charge in [0.05, 0.1) is 25.0 Å². The molecule has 2 atom stereocenters. The average molecular weight is 343 g/mol. The zero-order valence-electron chi connectivity index (χ0n) is 11.9. The second-order valence-electron chi connectivity index (χ2n) is 4.94. The largest absolute Gasteiger partial charge is 0.497 e. The minimum atomic E-state index is -0.124. The highest BCUT2D eigenvalue weighted by Gasteiger charge is 2.26. The third kappa shape index (κ3) is 3.64. The first kappa shape index (κ1) is 15.1. The molecule has 2 amide bonds. The Morgan fingerprint density at radius 2 is 2.05 bits per heavy atom. The number of nitrogens with zero attached hydrogens (tertiary/aromatic N) is 1. The molecule has 0 aromatic heterocycles. The van der Waals surface area contributed by atoms with Crippen molar-refractivity contribution in [1.29, 1.82) is 0 Å². The molecule has 0 spiro atoms. The first-order chi connectivity index (χ1) is 9.49. The molecule has 1 aliphatic rings. The van der Waals surface area contributed by atoms with E-state index in [-0.39, 0.29) is 18.2 Å². The highest BCUT2D eigenvalue weighted by Crippen LogP contribution is 2.27. The molecule has 0 bridgehead atoms. The maximum atomic E-state index is 12.3. The number of nitrogens with one attached hydrogen (secondary N) is 1. The van der Waals surface area contributed by atoms with E-state index < -0.39 is 0 Å². The Bertz CT molecular complexity index is 485. The monoisotopic (exact) mass is 342 g/mol. The third-order valence-electron chi connectivity index (χ3n) is 3.12. The number of hydrogen-bond donors (Lipinski definition) is 1. The van der Waals surface area contributed by atoms with Crippen molar-refractivity contribution < 1.29 is 14.3 Å². The molecule has 110 valence electrons. The number of rotatable bonds is 2. The highest BCUT2D eigenvalue weighted by molar-refractivity contribution is 9.10. The van der Waals surface area contributed by atoms with E-state index in [2.05, 4.69) is 21.2 Å². The molecule has 0 saturated carbocycles. The van der Waals surface area contributed by atoms with Gasteiger partial charge in [-0.25, -0.2) is 4.79 Å². The van der Waals surface area contributed by atoms with Crippen molar-refractivity contribution in [2.45, 2.75) is 26.1 Å². The molecule has 20 heavy (non-hydrogen) atoms. The van der Waals surface area contributed by atoms with Crippen molar-refractivity contribution in [2.24, 2.45) is 0 Å². The average Bonchev–Trinajstić information content (AvgIpc) is 2.40. The Kier molecular flexibility index (Phi) is 4.88. The van der Waals surface area contributed by atoms with Crippen LogP contribution in [0.15, 0.2) is 22.7 Å². The summed E-state index contributed by atoms with van der Waals surface area (Å²) in [4.78, 5) is 14.1. The molecule has 5 nitrogen and oxygen atoms in total. The van der Waals surface area contributed by atoms with Crippen molar-refractivity contribution in [1.82, 2.24) is 4.90 Å². The lowest BCUT2D eigenvalue weighted by atomic mass is 10.2. The van der Waals surface area contributed by atoms with Crippen LogP contribution in [0.5, 0.6) is 5.75 Å². The summed E-state index contributed by atoms with van der Waals surface area (Å²) in [6, 6.07) is 5.34. The summed E-state index contributed by atoms with van der Waals surface area (Å²) in [5.41, 5.74) is 0.696. The van der Waals surface area contributed by atoms with E-state index in [4.69, 9.17) is 9.47 Å². The van der Waals surface area contributed by atoms with Crippen LogP contribution in [0.25, 0.3) is 0 Å². The summed E-state index contributed by atoms with van der Waals surface area (Å²) >= 11 is 3.42. The van der Waals surface area contributed by atoms with Gasteiger partial charge in [-0.3, -0.25) is 0 Å². The van der Waals surface area contributed by atoms with Crippen molar-refractivity contribution in [3.63, 3.8) is 0 Å². The number of hydrogen-bond acceptors (Lipinski definition) is 3. The fraction of sp³-hybridized carbons (Fsp3) is 0.500. The zero-order chi connectivity index (χ0) is 14.7. The summed E-state index contributed by atoms with van der Waals surface area (Å²) in [6.07, 6.45) is 0.108. The Hall–Kier alpha value is -1.27. The van der Waals surface area contributed by atoms with Gasteiger partial charge in [-0.05, 0) is 41.9 Å². The summed E-state index contributed by atoms with van der Waals surface area (Å²) < 4.78 is 11.6. The van der Waals surface area contributed by atoms with Crippen LogP contribution in [-0.2, 0) is 4.74 Å². The van der Waals surface area contributed by atoms with E-state index in [1.807, 2.05) is 26.0 Å². The predicted octanol–water partition coefficient (Wildman–Crippen LogP) is 3.10. The van der Waals surface area contributed by atoms with Crippen LogP contribution in [0, 0.1) is 0 Å². The van der Waals surface area contributed by atoms with Crippen molar-refractivity contribution in [2.75, 3.05) is 25.5 Å². The van der Waals surface area contributed by atoms with Gasteiger partial charge in [0, 0.05) is 23.6 Å². The number of morpholine rings is 1. The van der Waals surface area contributed by atoms with Crippen LogP contribution >= 0.6 is 15.9 Å². The SMILES string of the molecule is COc1ccc(Br)c(NC(=O)N2C[C@@H](C)O[C@@H](C)C2)c1. The minimum absolute atomic E-state index is 0.0539. The molecule has 1 aromatic rings. The van der Waals surface area contributed by atoms with E-state index in [0.29, 0.717) is 24.5 Å². The van der Waals surface area contributed by atoms with Gasteiger partial charge in [0.15, 0.2) is 0 Å². The maximum absolute atomic E-state index is 12.3. The summed E-state index contributed by atoms with van der Waals surface area (Å²) in [5.74, 6) is 0.701. The van der Waals surface area contributed by atoms with Gasteiger partial charge >= 0.3 is 6.03 Å². The van der Waals surface area contributed by atoms with E-state index in [0.717, 1.165) is 4.47 Å². The van der Waals surface area contributed by atoms with Crippen molar-refractivity contribution >= 4 is 27.6 Å². The van der Waals surface area contributed by atoms with Crippen LogP contribution in [0.1, 0.15) is 13.8 Å². The zero-order valence-corrected chi connectivity index (χ0v) is 13.4. The predicted molar refractivity (Wildman–Crippen MR) is 81.3 cm³/mol. The quantitative estimate of drug-likeness (QED) is 0.898. The lowest BCUT2D eigenvalue weighted by molar-refractivity contribution is -0.0530. The number of halogens is 1. The van der Waals surface area contributed by atoms with Gasteiger partial charge in [0.25, 0.3) is 0 Å². The van der Waals surface area contributed by atoms with Crippen LogP contribution in [0.2, 0.25) is 0 Å². The third-order valence-corrected chi connectivity index (χ3v) is 3.81. The van der Waals surface area contributed by atoms with E-state index in [9.17, 15) is 4.79 Å². The number of benzene rings is 1. The Balaban J connectivity index is 2.07. The summed E-state index contributed by atoms with van der Waals surface area (Å²) in [7, 11) is 1.60. The van der Waals surface area contributed by atoms with E-state index in [1.54, 1.807) is 18.1 Å². The normalized spacial score (nSPS) is 22.5. The second kappa shape index (κ2) is 6.45. The number of carbonyl (C=O) groups excluding carboxylic acids is 1. The standard InChI is InChI=1S/C14H19BrN2O3/c1-9-7-17(8-10(2)20-9)14(18)16-13-6-11(19-3)4-5-12(13)15/h4-6,9-10H,7-8H2,1-3H3,(H,16,18)/t9-,10+. The van der Waals surface area contributed by atoms with Crippen LogP contribution in [0.4, 0.5) is 10.5 Å². The van der Waals surface area contributed by atoms with Gasteiger partial charge in [-0.1, -0.05) is 0 Å². The molecule has 1 saturated heterocycles. The minimum Gasteiger partial charge on any atom is -0.497 e. The van der Waals surface area contributed by atoms with Gasteiger partial charge in [0.2, 0.25) is 0 Å². The molecule has 0 unspecified atom stereocenters. The molecule has 1 aliphatic heterocycles. The number of methoxy groups -OCH3 is 1. The van der Waals surface area contributed by atoms with Gasteiger partial charge in [-0.2, -0.15) is 0 Å². The first-order valence-corrected chi connectivity index (χ1v) is 7.34. The summed E-state index contributed by atoms with van der Waals surface area (Å²) in [6.45, 7) is 5.13. The fourth-order valence-electron chi connectivity index (χ4n) is 2.27. The molecule has 1 heterocycles. The Morgan fingerprint density at radius 3 is 2.65 bits per heavy atom. The first-order valence-electron chi connectivity index (χ1n) is 6.54. The maximum Gasteiger partial charge on any atom is 0.322 e. The molecular weight excluding hydrogens is 324 g/mol. The Morgan fingerprint density at radius 1 is 1.40 bits per heavy atom. The smallest absolute Gasteiger partial charge is 0.322 e. The number of carbonyl (C=O) groups is 1. The molecule has 6 heteroatoms. The van der Waals surface area contributed by atoms with Crippen molar-refractivity contribution in [3.05, 3.63) is 22.7 Å². The number of anilines is 1. The van der Waals surface area contributed by atoms with Crippen molar-refractivity contribution in [3.8, 4) is 5.75 Å². The topological polar surface area (TPSA) is 50.8 Å². The highest BCUT2D eigenvalue weighted by atomic mass is 79.9. The molecule has 1 aromatic carbocycles. The second-order valence-corrected chi connectivity index (χ2v) is 5.79. The number of urea groups is 1. The van der Waals surface area contributed by atoms with E-state index >= 15 is 0 Å². The lowest BCUT2D eigenvalue weighted by Gasteiger charge is -2.35. The lowest BCUT2D eigenvalue weighted by Crippen LogP contribution is -2.49. The summed E-state index contributed by atoms with van der Waals surface area (Å²) in [5, 5.41) is 2.90. The molecular formula is C14H19BrN2O3. The van der Waals surface area contributed by atoms with Gasteiger partial charge < -0.3 is 19.7 Å². The number of amides is 2. The molecule has 2 rings (SSSR count). The molecule has 1 N–H and O–H groups in total. The number of ether oxygens (including phenoxy) is 2. The fourth-order valence-corrected chi connectivity index (χ4v) is 2.61. The molecule has 0 aliphatic carbocycles. The molecule has 0 radical (unpaired) electrons. The Labute approximate surface area is 127 Å². The van der Waals surface area contributed by atoms with Crippen LogP contribution in [-0.4, -0.2) is 43.3 Å². The van der Waals surface area contributed by atoms with E-state index in [1.165, 1.54) is 0 Å².